The molecule has 3 N–H and O–H groups in total. The molecule has 0 aliphatic heterocycles. The van der Waals surface area contributed by atoms with Crippen LogP contribution in [0.4, 0.5) is 16.4 Å². The molecule has 0 aliphatic carbocycles. The minimum absolute atomic E-state index is 0.0258. The topological polar surface area (TPSA) is 189 Å². The fourth-order valence-corrected chi connectivity index (χ4v) is 4.11. The molecule has 0 fully saturated rings. The molecule has 1 unspecified atom stereocenters. The van der Waals surface area contributed by atoms with Crippen molar-refractivity contribution in [3.8, 4) is 34.5 Å². The first-order chi connectivity index (χ1) is 20.1. The van der Waals surface area contributed by atoms with E-state index < -0.39 is 23.3 Å². The van der Waals surface area contributed by atoms with Crippen LogP contribution in [0.2, 0.25) is 0 Å². The molecular weight excluding hydrogens is 568 g/mol. The van der Waals surface area contributed by atoms with Crippen LogP contribution in [-0.4, -0.2) is 55.0 Å². The fourth-order valence-electron chi connectivity index (χ4n) is 3.57. The van der Waals surface area contributed by atoms with E-state index in [1.54, 1.807) is 37.3 Å². The second-order valence-electron chi connectivity index (χ2n) is 8.31. The molecule has 0 spiro atoms. The smallest absolute Gasteiger partial charge is 0.412 e. The number of nitrogens with zero attached hydrogens (tertiary/aromatic N) is 5. The molecule has 0 aliphatic rings. The van der Waals surface area contributed by atoms with Crippen LogP contribution in [-0.2, 0) is 16.0 Å². The first-order valence-electron chi connectivity index (χ1n) is 11.9. The summed E-state index contributed by atoms with van der Waals surface area (Å²) >= 11 is -2.74. The molecule has 1 aromatic carbocycles. The van der Waals surface area contributed by atoms with Crippen molar-refractivity contribution in [1.29, 1.82) is 0 Å². The number of rotatable bonds is 10. The number of nitrogens with two attached hydrogens (primary N) is 1. The van der Waals surface area contributed by atoms with Crippen LogP contribution < -0.4 is 24.2 Å². The lowest BCUT2D eigenvalue weighted by molar-refractivity contribution is 0.0632. The van der Waals surface area contributed by atoms with Gasteiger partial charge in [-0.3, -0.25) is 4.55 Å². The monoisotopic (exact) mass is 592 g/mol. The van der Waals surface area contributed by atoms with Gasteiger partial charge in [0.25, 0.3) is 17.1 Å². The molecule has 0 saturated carbocycles. The molecule has 4 rings (SSSR count). The van der Waals surface area contributed by atoms with E-state index in [0.29, 0.717) is 11.3 Å². The Morgan fingerprint density at radius 3 is 2.36 bits per heavy atom. The molecule has 3 heterocycles. The van der Waals surface area contributed by atoms with E-state index in [2.05, 4.69) is 31.3 Å². The second-order valence-corrected chi connectivity index (χ2v) is 9.14. The first-order valence-corrected chi connectivity index (χ1v) is 13.0. The highest BCUT2D eigenvalue weighted by Crippen LogP contribution is 2.44. The number of esters is 1. The number of carbonyl (C=O) groups is 2. The molecule has 0 bridgehead atoms. The van der Waals surface area contributed by atoms with E-state index >= 15 is 0 Å². The maximum absolute atomic E-state index is 12.8. The van der Waals surface area contributed by atoms with E-state index in [0.717, 1.165) is 9.88 Å². The molecule has 1 atom stereocenters. The number of ether oxygens (including phenoxy) is 4. The van der Waals surface area contributed by atoms with Crippen molar-refractivity contribution in [1.82, 2.24) is 19.9 Å². The Balaban J connectivity index is 1.95. The number of allylic oxidation sites excluding steroid dienone is 1. The highest BCUT2D eigenvalue weighted by molar-refractivity contribution is 7.81. The van der Waals surface area contributed by atoms with Gasteiger partial charge < -0.3 is 24.7 Å². The minimum atomic E-state index is -2.74. The zero-order valence-corrected chi connectivity index (χ0v) is 23.3. The quantitative estimate of drug-likeness (QED) is 0.151. The van der Waals surface area contributed by atoms with Gasteiger partial charge in [0.2, 0.25) is 5.75 Å². The number of methoxy groups -OCH3 is 2. The van der Waals surface area contributed by atoms with Gasteiger partial charge in [0.15, 0.2) is 23.1 Å². The minimum Gasteiger partial charge on any atom is -0.493 e. The normalized spacial score (nSPS) is 11.2. The van der Waals surface area contributed by atoms with E-state index in [9.17, 15) is 18.4 Å². The molecule has 216 valence electrons. The van der Waals surface area contributed by atoms with E-state index in [4.69, 9.17) is 19.9 Å². The van der Waals surface area contributed by atoms with Crippen molar-refractivity contribution in [2.24, 2.45) is 5.73 Å². The average molecular weight is 593 g/mol. The Hall–Kier alpha value is -5.41. The molecule has 0 saturated heterocycles. The van der Waals surface area contributed by atoms with Gasteiger partial charge in [-0.1, -0.05) is 18.7 Å². The largest absolute Gasteiger partial charge is 0.493 e. The Labute approximate surface area is 242 Å². The van der Waals surface area contributed by atoms with E-state index in [-0.39, 0.29) is 46.1 Å². The van der Waals surface area contributed by atoms with Gasteiger partial charge in [0, 0.05) is 18.0 Å². The summed E-state index contributed by atoms with van der Waals surface area (Å²) < 4.78 is 45.6. The number of benzene rings is 1. The standard InChI is InChI=1S/C27H24N6O8S/c1-15(2)17-9-10-21(30-14-17)33(42(36)37)24-22(40-20-8-6-5-7-19(20)38-3)25(39-4)32-23(31-24)16-11-12-29-18(13-16)26(34)41-27(28)35/h5-14H,1H2,2-4H3,(H2,28,35)(H,36,37). The highest BCUT2D eigenvalue weighted by Gasteiger charge is 2.29. The van der Waals surface area contributed by atoms with Crippen LogP contribution in [0.1, 0.15) is 23.0 Å². The van der Waals surface area contributed by atoms with Gasteiger partial charge >= 0.3 is 12.1 Å². The summed E-state index contributed by atoms with van der Waals surface area (Å²) in [5.74, 6) is -1.09. The van der Waals surface area contributed by atoms with Crippen LogP contribution in [0.5, 0.6) is 23.1 Å². The summed E-state index contributed by atoms with van der Waals surface area (Å²) in [6.07, 6.45) is 1.43. The van der Waals surface area contributed by atoms with Crippen molar-refractivity contribution in [2.75, 3.05) is 18.5 Å². The lowest BCUT2D eigenvalue weighted by Crippen LogP contribution is -2.23. The number of primary amides is 1. The van der Waals surface area contributed by atoms with Crippen LogP contribution in [0.25, 0.3) is 17.0 Å². The zero-order chi connectivity index (χ0) is 30.4. The van der Waals surface area contributed by atoms with Gasteiger partial charge in [-0.05, 0) is 54.5 Å². The number of para-hydroxylation sites is 2. The number of hydrogen-bond acceptors (Lipinski definition) is 11. The summed E-state index contributed by atoms with van der Waals surface area (Å²) in [5, 5.41) is 0. The molecule has 4 aromatic rings. The molecular formula is C27H24N6O8S. The molecule has 15 heteroatoms. The molecule has 42 heavy (non-hydrogen) atoms. The number of anilines is 2. The number of pyridine rings is 2. The van der Waals surface area contributed by atoms with Gasteiger partial charge in [0.1, 0.15) is 11.5 Å². The number of hydrogen-bond donors (Lipinski definition) is 2. The van der Waals surface area contributed by atoms with Gasteiger partial charge in [-0.15, -0.1) is 0 Å². The summed E-state index contributed by atoms with van der Waals surface area (Å²) in [7, 11) is 2.76. The van der Waals surface area contributed by atoms with Gasteiger partial charge in [-0.2, -0.15) is 9.29 Å². The zero-order valence-electron chi connectivity index (χ0n) is 22.5. The lowest BCUT2D eigenvalue weighted by atomic mass is 10.1. The van der Waals surface area contributed by atoms with Crippen LogP contribution in [0.3, 0.4) is 0 Å². The third-order valence-corrected chi connectivity index (χ3v) is 6.18. The van der Waals surface area contributed by atoms with Crippen molar-refractivity contribution < 1.29 is 37.3 Å². The van der Waals surface area contributed by atoms with Crippen molar-refractivity contribution in [3.05, 3.63) is 78.8 Å². The summed E-state index contributed by atoms with van der Waals surface area (Å²) in [6, 6.07) is 12.6. The first kappa shape index (κ1) is 29.6. The van der Waals surface area contributed by atoms with Crippen molar-refractivity contribution in [2.45, 2.75) is 6.92 Å². The number of amides is 1. The SMILES string of the molecule is C=C(C)c1ccc(N(c2nc(-c3ccnc(C(=O)OC(N)=O)c3)nc(OC)c2Oc2ccccc2OC)S(=O)O)nc1. The van der Waals surface area contributed by atoms with E-state index in [1.807, 2.05) is 0 Å². The predicted molar refractivity (Wildman–Crippen MR) is 152 cm³/mol. The summed E-state index contributed by atoms with van der Waals surface area (Å²) in [5.41, 5.74) is 6.32. The average Bonchev–Trinajstić information content (AvgIpc) is 2.98. The fraction of sp³-hybridized carbons (Fsp3) is 0.111. The summed E-state index contributed by atoms with van der Waals surface area (Å²) in [6.45, 7) is 5.67. The van der Waals surface area contributed by atoms with Gasteiger partial charge in [0.05, 0.1) is 14.2 Å². The van der Waals surface area contributed by atoms with Crippen LogP contribution in [0, 0.1) is 0 Å². The molecule has 3 aromatic heterocycles. The molecule has 1 amide bonds. The summed E-state index contributed by atoms with van der Waals surface area (Å²) in [4.78, 5) is 40.4. The van der Waals surface area contributed by atoms with Crippen LogP contribution in [0.15, 0.2) is 67.5 Å². The Morgan fingerprint density at radius 1 is 1.02 bits per heavy atom. The van der Waals surface area contributed by atoms with Crippen molar-refractivity contribution >= 4 is 40.5 Å². The van der Waals surface area contributed by atoms with Crippen LogP contribution >= 0.6 is 0 Å². The van der Waals surface area contributed by atoms with E-state index in [1.165, 1.54) is 44.8 Å². The third kappa shape index (κ3) is 6.48. The Kier molecular flexibility index (Phi) is 9.04. The number of aromatic nitrogens is 4. The maximum atomic E-state index is 12.8. The third-order valence-electron chi connectivity index (χ3n) is 5.51. The second kappa shape index (κ2) is 12.8. The van der Waals surface area contributed by atoms with Gasteiger partial charge in [-0.25, -0.2) is 28.7 Å². The van der Waals surface area contributed by atoms with Crippen molar-refractivity contribution in [3.63, 3.8) is 0 Å². The lowest BCUT2D eigenvalue weighted by Gasteiger charge is -2.23. The highest BCUT2D eigenvalue weighted by atomic mass is 32.2. The number of carbonyl (C=O) groups excluding carboxylic acids is 2. The molecule has 0 radical (unpaired) electrons. The predicted octanol–water partition coefficient (Wildman–Crippen LogP) is 4.29. The Morgan fingerprint density at radius 2 is 1.76 bits per heavy atom. The molecule has 14 nitrogen and oxygen atoms in total. The Bertz CT molecular complexity index is 1680. The maximum Gasteiger partial charge on any atom is 0.412 e.